The molecule has 0 bridgehead atoms. The molecule has 0 aliphatic heterocycles. The number of benzene rings is 1. The quantitative estimate of drug-likeness (QED) is 0.848. The monoisotopic (exact) mass is 230 g/mol. The minimum Gasteiger partial charge on any atom is -0.396 e. The van der Waals surface area contributed by atoms with Gasteiger partial charge < -0.3 is 10.4 Å². The first-order valence-corrected chi connectivity index (χ1v) is 5.93. The Kier molecular flexibility index (Phi) is 3.59. The van der Waals surface area contributed by atoms with Crippen LogP contribution in [0.5, 0.6) is 0 Å². The maximum Gasteiger partial charge on any atom is 0.0722 e. The highest BCUT2D eigenvalue weighted by Crippen LogP contribution is 2.22. The van der Waals surface area contributed by atoms with Gasteiger partial charge in [-0.25, -0.2) is 0 Å². The molecular formula is C14H18N2O. The van der Waals surface area contributed by atoms with E-state index in [4.69, 9.17) is 5.11 Å². The number of rotatable bonds is 4. The standard InChI is InChI=1S/C14H18N2O/c1-10(9-17)11(2)16-14-7-8-15-13-6-4-3-5-12(13)14/h3-8,10-11,17H,9H2,1-2H3,(H,15,16). The summed E-state index contributed by atoms with van der Waals surface area (Å²) in [5.41, 5.74) is 2.06. The zero-order valence-corrected chi connectivity index (χ0v) is 10.2. The third-order valence-corrected chi connectivity index (χ3v) is 3.17. The summed E-state index contributed by atoms with van der Waals surface area (Å²) < 4.78 is 0. The van der Waals surface area contributed by atoms with Gasteiger partial charge >= 0.3 is 0 Å². The zero-order chi connectivity index (χ0) is 12.3. The number of fused-ring (bicyclic) bond motifs is 1. The second-order valence-electron chi connectivity index (χ2n) is 4.47. The molecule has 90 valence electrons. The molecule has 0 saturated carbocycles. The Morgan fingerprint density at radius 3 is 2.76 bits per heavy atom. The molecule has 0 aliphatic carbocycles. The number of anilines is 1. The van der Waals surface area contributed by atoms with Crippen LogP contribution in [0.25, 0.3) is 10.9 Å². The molecule has 0 spiro atoms. The Balaban J connectivity index is 2.30. The van der Waals surface area contributed by atoms with Gasteiger partial charge in [-0.1, -0.05) is 25.1 Å². The lowest BCUT2D eigenvalue weighted by Crippen LogP contribution is -2.26. The van der Waals surface area contributed by atoms with E-state index in [1.165, 1.54) is 0 Å². The van der Waals surface area contributed by atoms with Crippen LogP contribution in [0.3, 0.4) is 0 Å². The summed E-state index contributed by atoms with van der Waals surface area (Å²) in [6, 6.07) is 10.3. The van der Waals surface area contributed by atoms with Crippen molar-refractivity contribution in [2.45, 2.75) is 19.9 Å². The smallest absolute Gasteiger partial charge is 0.0722 e. The molecule has 2 N–H and O–H groups in total. The molecule has 2 aromatic rings. The number of nitrogens with one attached hydrogen (secondary N) is 1. The second kappa shape index (κ2) is 5.15. The minimum absolute atomic E-state index is 0.192. The highest BCUT2D eigenvalue weighted by Gasteiger charge is 2.11. The summed E-state index contributed by atoms with van der Waals surface area (Å²) in [4.78, 5) is 4.32. The van der Waals surface area contributed by atoms with Crippen molar-refractivity contribution in [3.63, 3.8) is 0 Å². The van der Waals surface area contributed by atoms with E-state index < -0.39 is 0 Å². The summed E-state index contributed by atoms with van der Waals surface area (Å²) in [7, 11) is 0. The Morgan fingerprint density at radius 2 is 2.00 bits per heavy atom. The van der Waals surface area contributed by atoms with Gasteiger partial charge in [0.2, 0.25) is 0 Å². The molecule has 0 aliphatic rings. The third-order valence-electron chi connectivity index (χ3n) is 3.17. The van der Waals surface area contributed by atoms with Crippen molar-refractivity contribution in [3.8, 4) is 0 Å². The number of aliphatic hydroxyl groups is 1. The number of para-hydroxylation sites is 1. The normalized spacial score (nSPS) is 14.5. The van der Waals surface area contributed by atoms with Crippen molar-refractivity contribution in [2.24, 2.45) is 5.92 Å². The fourth-order valence-corrected chi connectivity index (χ4v) is 1.77. The van der Waals surface area contributed by atoms with Crippen molar-refractivity contribution in [2.75, 3.05) is 11.9 Å². The molecule has 2 atom stereocenters. The van der Waals surface area contributed by atoms with Gasteiger partial charge in [0.25, 0.3) is 0 Å². The summed E-state index contributed by atoms with van der Waals surface area (Å²) in [6.07, 6.45) is 1.81. The second-order valence-corrected chi connectivity index (χ2v) is 4.47. The van der Waals surface area contributed by atoms with Gasteiger partial charge in [0.15, 0.2) is 0 Å². The molecule has 2 unspecified atom stereocenters. The van der Waals surface area contributed by atoms with Gasteiger partial charge in [-0.3, -0.25) is 4.98 Å². The average molecular weight is 230 g/mol. The van der Waals surface area contributed by atoms with Crippen molar-refractivity contribution >= 4 is 16.6 Å². The zero-order valence-electron chi connectivity index (χ0n) is 10.2. The van der Waals surface area contributed by atoms with Gasteiger partial charge in [-0.05, 0) is 25.0 Å². The van der Waals surface area contributed by atoms with Gasteiger partial charge in [-0.15, -0.1) is 0 Å². The molecule has 1 heterocycles. The first-order chi connectivity index (χ1) is 8.22. The van der Waals surface area contributed by atoms with Crippen LogP contribution in [0, 0.1) is 5.92 Å². The van der Waals surface area contributed by atoms with Crippen LogP contribution < -0.4 is 5.32 Å². The first kappa shape index (κ1) is 11.9. The minimum atomic E-state index is 0.192. The molecule has 1 aromatic heterocycles. The lowest BCUT2D eigenvalue weighted by molar-refractivity contribution is 0.226. The predicted octanol–water partition coefficient (Wildman–Crippen LogP) is 2.66. The van der Waals surface area contributed by atoms with E-state index in [1.807, 2.05) is 31.2 Å². The van der Waals surface area contributed by atoms with E-state index in [9.17, 15) is 0 Å². The Hall–Kier alpha value is -1.61. The van der Waals surface area contributed by atoms with Crippen molar-refractivity contribution in [1.29, 1.82) is 0 Å². The Labute approximate surface area is 102 Å². The molecule has 1 aromatic carbocycles. The summed E-state index contributed by atoms with van der Waals surface area (Å²) >= 11 is 0. The number of pyridine rings is 1. The number of hydrogen-bond donors (Lipinski definition) is 2. The lowest BCUT2D eigenvalue weighted by atomic mass is 10.0. The Morgan fingerprint density at radius 1 is 1.24 bits per heavy atom. The van der Waals surface area contributed by atoms with E-state index in [0.717, 1.165) is 16.6 Å². The van der Waals surface area contributed by atoms with E-state index in [1.54, 1.807) is 6.20 Å². The summed E-state index contributed by atoms with van der Waals surface area (Å²) in [5.74, 6) is 0.224. The molecule has 3 heteroatoms. The number of nitrogens with zero attached hydrogens (tertiary/aromatic N) is 1. The first-order valence-electron chi connectivity index (χ1n) is 5.93. The van der Waals surface area contributed by atoms with Crippen LogP contribution >= 0.6 is 0 Å². The molecule has 3 nitrogen and oxygen atoms in total. The fraction of sp³-hybridized carbons (Fsp3) is 0.357. The highest BCUT2D eigenvalue weighted by atomic mass is 16.3. The van der Waals surface area contributed by atoms with Crippen LogP contribution in [-0.4, -0.2) is 22.7 Å². The summed E-state index contributed by atoms with van der Waals surface area (Å²) in [6.45, 7) is 4.30. The lowest BCUT2D eigenvalue weighted by Gasteiger charge is -2.21. The molecule has 0 saturated heterocycles. The summed E-state index contributed by atoms with van der Waals surface area (Å²) in [5, 5.41) is 13.7. The van der Waals surface area contributed by atoms with Crippen molar-refractivity contribution < 1.29 is 5.11 Å². The van der Waals surface area contributed by atoms with Crippen LogP contribution in [-0.2, 0) is 0 Å². The maximum absolute atomic E-state index is 9.14. The maximum atomic E-state index is 9.14. The van der Waals surface area contributed by atoms with Crippen molar-refractivity contribution in [3.05, 3.63) is 36.5 Å². The van der Waals surface area contributed by atoms with Crippen LogP contribution in [0.2, 0.25) is 0 Å². The van der Waals surface area contributed by atoms with Gasteiger partial charge in [0, 0.05) is 29.9 Å². The number of hydrogen-bond acceptors (Lipinski definition) is 3. The molecule has 0 amide bonds. The van der Waals surface area contributed by atoms with Gasteiger partial charge in [0.1, 0.15) is 0 Å². The molecule has 17 heavy (non-hydrogen) atoms. The van der Waals surface area contributed by atoms with Gasteiger partial charge in [0.05, 0.1) is 5.52 Å². The van der Waals surface area contributed by atoms with E-state index >= 15 is 0 Å². The molecule has 0 fully saturated rings. The van der Waals surface area contributed by atoms with Crippen LogP contribution in [0.4, 0.5) is 5.69 Å². The number of aromatic nitrogens is 1. The van der Waals surface area contributed by atoms with Crippen molar-refractivity contribution in [1.82, 2.24) is 4.98 Å². The predicted molar refractivity (Wildman–Crippen MR) is 71.1 cm³/mol. The van der Waals surface area contributed by atoms with E-state index in [0.29, 0.717) is 0 Å². The molecule has 0 radical (unpaired) electrons. The number of aliphatic hydroxyl groups excluding tert-OH is 1. The van der Waals surface area contributed by atoms with E-state index in [-0.39, 0.29) is 18.6 Å². The fourth-order valence-electron chi connectivity index (χ4n) is 1.77. The molecule has 2 rings (SSSR count). The van der Waals surface area contributed by atoms with Crippen LogP contribution in [0.15, 0.2) is 36.5 Å². The molecular weight excluding hydrogens is 212 g/mol. The topological polar surface area (TPSA) is 45.1 Å². The largest absolute Gasteiger partial charge is 0.396 e. The average Bonchev–Trinajstić information content (AvgIpc) is 2.38. The SMILES string of the molecule is CC(CO)C(C)Nc1ccnc2ccccc12. The third kappa shape index (κ3) is 2.56. The Bertz CT molecular complexity index is 493. The highest BCUT2D eigenvalue weighted by molar-refractivity contribution is 5.90. The van der Waals surface area contributed by atoms with E-state index in [2.05, 4.69) is 23.3 Å². The van der Waals surface area contributed by atoms with Crippen LogP contribution in [0.1, 0.15) is 13.8 Å². The van der Waals surface area contributed by atoms with Gasteiger partial charge in [-0.2, -0.15) is 0 Å².